The summed E-state index contributed by atoms with van der Waals surface area (Å²) in [5, 5.41) is 3.56. The highest BCUT2D eigenvalue weighted by molar-refractivity contribution is 6.30. The molecule has 122 valence electrons. The Balaban J connectivity index is 1.98. The van der Waals surface area contributed by atoms with E-state index >= 15 is 0 Å². The van der Waals surface area contributed by atoms with E-state index in [1.54, 1.807) is 38.3 Å². The van der Waals surface area contributed by atoms with Crippen molar-refractivity contribution in [3.63, 3.8) is 0 Å². The quantitative estimate of drug-likeness (QED) is 0.869. The maximum atomic E-state index is 12.3. The Labute approximate surface area is 141 Å². The molecule has 0 fully saturated rings. The molecule has 23 heavy (non-hydrogen) atoms. The van der Waals surface area contributed by atoms with Crippen molar-refractivity contribution >= 4 is 17.5 Å². The first-order valence-corrected chi connectivity index (χ1v) is 7.74. The molecule has 0 heterocycles. The first-order chi connectivity index (χ1) is 11.0. The number of methoxy groups -OCH3 is 1. The van der Waals surface area contributed by atoms with Crippen molar-refractivity contribution in [3.8, 4) is 11.5 Å². The van der Waals surface area contributed by atoms with Gasteiger partial charge in [-0.3, -0.25) is 4.79 Å². The van der Waals surface area contributed by atoms with Crippen LogP contribution in [-0.4, -0.2) is 19.1 Å². The number of benzene rings is 2. The normalized spacial score (nSPS) is 13.0. The number of para-hydroxylation sites is 1. The molecule has 0 aliphatic rings. The lowest BCUT2D eigenvalue weighted by molar-refractivity contribution is -0.127. The third-order valence-electron chi connectivity index (χ3n) is 3.46. The zero-order valence-corrected chi connectivity index (χ0v) is 14.1. The van der Waals surface area contributed by atoms with E-state index in [4.69, 9.17) is 21.1 Å². The highest BCUT2D eigenvalue weighted by Gasteiger charge is 2.19. The molecule has 5 heteroatoms. The van der Waals surface area contributed by atoms with Gasteiger partial charge in [0.15, 0.2) is 6.10 Å². The van der Waals surface area contributed by atoms with Gasteiger partial charge in [-0.25, -0.2) is 0 Å². The third-order valence-corrected chi connectivity index (χ3v) is 3.71. The molecule has 0 unspecified atom stereocenters. The standard InChI is InChI=1S/C18H20ClNO3/c1-12(16-6-4-5-7-17(16)22-3)20-18(21)13(2)23-15-10-8-14(19)9-11-15/h4-13H,1-3H3,(H,20,21)/t12-,13+/m1/s1. The summed E-state index contributed by atoms with van der Waals surface area (Å²) >= 11 is 5.83. The number of amides is 1. The molecular formula is C18H20ClNO3. The molecule has 0 aromatic heterocycles. The third kappa shape index (κ3) is 4.63. The molecular weight excluding hydrogens is 314 g/mol. The molecule has 2 rings (SSSR count). The molecule has 0 spiro atoms. The maximum absolute atomic E-state index is 12.3. The summed E-state index contributed by atoms with van der Waals surface area (Å²) in [6.45, 7) is 3.61. The highest BCUT2D eigenvalue weighted by atomic mass is 35.5. The first-order valence-electron chi connectivity index (χ1n) is 7.36. The molecule has 1 N–H and O–H groups in total. The minimum absolute atomic E-state index is 0.185. The van der Waals surface area contributed by atoms with Crippen molar-refractivity contribution in [1.82, 2.24) is 5.32 Å². The molecule has 4 nitrogen and oxygen atoms in total. The van der Waals surface area contributed by atoms with Gasteiger partial charge in [-0.15, -0.1) is 0 Å². The van der Waals surface area contributed by atoms with E-state index < -0.39 is 6.10 Å². The summed E-state index contributed by atoms with van der Waals surface area (Å²) in [7, 11) is 1.61. The van der Waals surface area contributed by atoms with E-state index in [0.717, 1.165) is 11.3 Å². The van der Waals surface area contributed by atoms with Gasteiger partial charge in [-0.2, -0.15) is 0 Å². The van der Waals surface area contributed by atoms with Crippen molar-refractivity contribution in [2.45, 2.75) is 26.0 Å². The van der Waals surface area contributed by atoms with Crippen molar-refractivity contribution in [3.05, 3.63) is 59.1 Å². The van der Waals surface area contributed by atoms with Crippen LogP contribution in [0.2, 0.25) is 5.02 Å². The van der Waals surface area contributed by atoms with Gasteiger partial charge >= 0.3 is 0 Å². The smallest absolute Gasteiger partial charge is 0.261 e. The lowest BCUT2D eigenvalue weighted by Crippen LogP contribution is -2.37. The van der Waals surface area contributed by atoms with Crippen LogP contribution in [0.25, 0.3) is 0 Å². The van der Waals surface area contributed by atoms with Crippen molar-refractivity contribution < 1.29 is 14.3 Å². The second kappa shape index (κ2) is 7.88. The number of nitrogens with one attached hydrogen (secondary N) is 1. The molecule has 1 amide bonds. The zero-order chi connectivity index (χ0) is 16.8. The molecule has 0 saturated heterocycles. The van der Waals surface area contributed by atoms with Gasteiger partial charge in [0.05, 0.1) is 13.2 Å². The first kappa shape index (κ1) is 17.2. The predicted octanol–water partition coefficient (Wildman–Crippen LogP) is 3.99. The number of ether oxygens (including phenoxy) is 2. The molecule has 2 aromatic rings. The van der Waals surface area contributed by atoms with Gasteiger partial charge in [0.2, 0.25) is 0 Å². The fraction of sp³-hybridized carbons (Fsp3) is 0.278. The van der Waals surface area contributed by atoms with Gasteiger partial charge < -0.3 is 14.8 Å². The topological polar surface area (TPSA) is 47.6 Å². The fourth-order valence-electron chi connectivity index (χ4n) is 2.20. The average Bonchev–Trinajstić information content (AvgIpc) is 2.56. The summed E-state index contributed by atoms with van der Waals surface area (Å²) in [6.07, 6.45) is -0.617. The van der Waals surface area contributed by atoms with Crippen LogP contribution in [0, 0.1) is 0 Å². The number of halogens is 1. The van der Waals surface area contributed by atoms with E-state index in [-0.39, 0.29) is 11.9 Å². The molecule has 2 atom stereocenters. The minimum atomic E-state index is -0.617. The fourth-order valence-corrected chi connectivity index (χ4v) is 2.33. The van der Waals surface area contributed by atoms with Crippen LogP contribution >= 0.6 is 11.6 Å². The van der Waals surface area contributed by atoms with E-state index in [2.05, 4.69) is 5.32 Å². The van der Waals surface area contributed by atoms with Gasteiger partial charge in [0.25, 0.3) is 5.91 Å². The Bertz CT molecular complexity index is 658. The van der Waals surface area contributed by atoms with E-state index in [0.29, 0.717) is 10.8 Å². The molecule has 0 radical (unpaired) electrons. The van der Waals surface area contributed by atoms with E-state index in [9.17, 15) is 4.79 Å². The van der Waals surface area contributed by atoms with Crippen molar-refractivity contribution in [2.24, 2.45) is 0 Å². The summed E-state index contributed by atoms with van der Waals surface area (Å²) in [4.78, 5) is 12.3. The van der Waals surface area contributed by atoms with Crippen LogP contribution in [-0.2, 0) is 4.79 Å². The molecule has 0 aliphatic carbocycles. The molecule has 0 aliphatic heterocycles. The second-order valence-corrected chi connectivity index (χ2v) is 5.62. The predicted molar refractivity (Wildman–Crippen MR) is 91.1 cm³/mol. The monoisotopic (exact) mass is 333 g/mol. The molecule has 0 bridgehead atoms. The van der Waals surface area contributed by atoms with Gasteiger partial charge in [-0.1, -0.05) is 29.8 Å². The van der Waals surface area contributed by atoms with Gasteiger partial charge in [0.1, 0.15) is 11.5 Å². The Kier molecular flexibility index (Phi) is 5.88. The van der Waals surface area contributed by atoms with Crippen LogP contribution in [0.1, 0.15) is 25.5 Å². The SMILES string of the molecule is COc1ccccc1[C@@H](C)NC(=O)[C@H](C)Oc1ccc(Cl)cc1. The number of hydrogen-bond acceptors (Lipinski definition) is 3. The minimum Gasteiger partial charge on any atom is -0.496 e. The lowest BCUT2D eigenvalue weighted by atomic mass is 10.1. The van der Waals surface area contributed by atoms with Crippen LogP contribution in [0.4, 0.5) is 0 Å². The Morgan fingerprint density at radius 1 is 1.09 bits per heavy atom. The van der Waals surface area contributed by atoms with Crippen LogP contribution < -0.4 is 14.8 Å². The summed E-state index contributed by atoms with van der Waals surface area (Å²) in [5.74, 6) is 1.15. The number of rotatable bonds is 6. The van der Waals surface area contributed by atoms with Crippen LogP contribution in [0.3, 0.4) is 0 Å². The Morgan fingerprint density at radius 3 is 2.39 bits per heavy atom. The maximum Gasteiger partial charge on any atom is 0.261 e. The number of carbonyl (C=O) groups excluding carboxylic acids is 1. The summed E-state index contributed by atoms with van der Waals surface area (Å²) < 4.78 is 10.9. The molecule has 2 aromatic carbocycles. The van der Waals surface area contributed by atoms with Crippen molar-refractivity contribution in [1.29, 1.82) is 0 Å². The Morgan fingerprint density at radius 2 is 1.74 bits per heavy atom. The summed E-state index contributed by atoms with van der Waals surface area (Å²) in [5.41, 5.74) is 0.919. The number of hydrogen-bond donors (Lipinski definition) is 1. The van der Waals surface area contributed by atoms with Gasteiger partial charge in [0, 0.05) is 10.6 Å². The largest absolute Gasteiger partial charge is 0.496 e. The summed E-state index contributed by atoms with van der Waals surface area (Å²) in [6, 6.07) is 14.3. The van der Waals surface area contributed by atoms with Gasteiger partial charge in [-0.05, 0) is 44.2 Å². The Hall–Kier alpha value is -2.20. The van der Waals surface area contributed by atoms with Crippen LogP contribution in [0.5, 0.6) is 11.5 Å². The van der Waals surface area contributed by atoms with E-state index in [1.807, 2.05) is 31.2 Å². The van der Waals surface area contributed by atoms with Crippen molar-refractivity contribution in [2.75, 3.05) is 7.11 Å². The average molecular weight is 334 g/mol. The second-order valence-electron chi connectivity index (χ2n) is 5.19. The molecule has 0 saturated carbocycles. The lowest BCUT2D eigenvalue weighted by Gasteiger charge is -2.20. The zero-order valence-electron chi connectivity index (χ0n) is 13.4. The highest BCUT2D eigenvalue weighted by Crippen LogP contribution is 2.24. The van der Waals surface area contributed by atoms with Crippen LogP contribution in [0.15, 0.2) is 48.5 Å². The number of carbonyl (C=O) groups is 1. The van der Waals surface area contributed by atoms with E-state index in [1.165, 1.54) is 0 Å².